The lowest BCUT2D eigenvalue weighted by Crippen LogP contribution is -2.43. The van der Waals surface area contributed by atoms with Crippen LogP contribution in [0.2, 0.25) is 5.02 Å². The van der Waals surface area contributed by atoms with Gasteiger partial charge >= 0.3 is 6.18 Å². The van der Waals surface area contributed by atoms with Gasteiger partial charge in [0.15, 0.2) is 6.61 Å². The predicted molar refractivity (Wildman–Crippen MR) is 110 cm³/mol. The quantitative estimate of drug-likeness (QED) is 0.621. The van der Waals surface area contributed by atoms with Gasteiger partial charge in [0.05, 0.1) is 11.8 Å². The molecule has 3 rings (SSSR count). The second-order valence-corrected chi connectivity index (χ2v) is 7.43. The molecule has 10 heteroatoms. The van der Waals surface area contributed by atoms with Crippen LogP contribution in [0.25, 0.3) is 11.3 Å². The van der Waals surface area contributed by atoms with Gasteiger partial charge in [-0.2, -0.15) is 13.2 Å². The Morgan fingerprint density at radius 1 is 1.23 bits per heavy atom. The van der Waals surface area contributed by atoms with Crippen LogP contribution in [0.15, 0.2) is 41.6 Å². The number of ether oxygens (including phenoxy) is 1. The lowest BCUT2D eigenvalue weighted by atomic mass is 9.93. The molecule has 1 amide bonds. The molecule has 1 aromatic carbocycles. The van der Waals surface area contributed by atoms with Crippen LogP contribution in [0, 0.1) is 0 Å². The van der Waals surface area contributed by atoms with Crippen LogP contribution in [0.1, 0.15) is 36.2 Å². The lowest BCUT2D eigenvalue weighted by Gasteiger charge is -2.24. The van der Waals surface area contributed by atoms with E-state index in [1.165, 1.54) is 19.2 Å². The Morgan fingerprint density at radius 2 is 1.97 bits per heavy atom. The fourth-order valence-corrected chi connectivity index (χ4v) is 3.40. The minimum atomic E-state index is -4.51. The van der Waals surface area contributed by atoms with Crippen LogP contribution in [0.4, 0.5) is 13.2 Å². The van der Waals surface area contributed by atoms with Gasteiger partial charge in [-0.1, -0.05) is 35.3 Å². The highest BCUT2D eigenvalue weighted by Crippen LogP contribution is 2.31. The lowest BCUT2D eigenvalue weighted by molar-refractivity contribution is -0.153. The van der Waals surface area contributed by atoms with E-state index in [9.17, 15) is 18.0 Å². The average molecular weight is 456 g/mol. The molecule has 0 saturated heterocycles. The van der Waals surface area contributed by atoms with E-state index >= 15 is 0 Å². The molecule has 1 fully saturated rings. The van der Waals surface area contributed by atoms with Crippen LogP contribution in [0.5, 0.6) is 5.75 Å². The van der Waals surface area contributed by atoms with Gasteiger partial charge in [0, 0.05) is 10.6 Å². The van der Waals surface area contributed by atoms with E-state index in [0.717, 1.165) is 18.6 Å². The molecule has 1 N–H and O–H groups in total. The number of pyridine rings is 1. The van der Waals surface area contributed by atoms with Gasteiger partial charge in [-0.25, -0.2) is 4.98 Å². The number of hydrogen-bond donors (Lipinski definition) is 1. The highest BCUT2D eigenvalue weighted by atomic mass is 35.5. The zero-order chi connectivity index (χ0) is 22.4. The summed E-state index contributed by atoms with van der Waals surface area (Å²) in [6.07, 6.45) is -1.19. The number of oxime groups is 1. The zero-order valence-electron chi connectivity index (χ0n) is 16.7. The molecule has 0 unspecified atom stereocenters. The van der Waals surface area contributed by atoms with E-state index in [2.05, 4.69) is 15.5 Å². The Hall–Kier alpha value is -2.81. The van der Waals surface area contributed by atoms with Gasteiger partial charge in [0.1, 0.15) is 24.2 Å². The van der Waals surface area contributed by atoms with Crippen LogP contribution in [0.3, 0.4) is 0 Å². The number of halogens is 4. The van der Waals surface area contributed by atoms with Gasteiger partial charge in [0.2, 0.25) is 0 Å². The molecule has 0 spiro atoms. The summed E-state index contributed by atoms with van der Waals surface area (Å²) in [5.74, 6) is -0.552. The Morgan fingerprint density at radius 3 is 2.65 bits per heavy atom. The van der Waals surface area contributed by atoms with E-state index in [-0.39, 0.29) is 23.2 Å². The summed E-state index contributed by atoms with van der Waals surface area (Å²) in [5.41, 5.74) is 1.37. The fourth-order valence-electron chi connectivity index (χ4n) is 3.27. The molecule has 1 aromatic heterocycles. The topological polar surface area (TPSA) is 72.8 Å². The first kappa shape index (κ1) is 22.9. The SMILES string of the molecule is CO/N=C1\CCCC[C@@H]1NC(=O)c1ccc(OCC(F)(F)F)c(-c2ccc(Cl)cc2)n1. The number of amides is 1. The Balaban J connectivity index is 1.88. The van der Waals surface area contributed by atoms with Crippen molar-refractivity contribution in [3.8, 4) is 17.0 Å². The van der Waals surface area contributed by atoms with E-state index in [1.807, 2.05) is 0 Å². The third kappa shape index (κ3) is 6.33. The standard InChI is InChI=1S/C21H21ClF3N3O3/c1-30-28-16-5-3-2-4-15(16)27-20(29)17-10-11-18(31-12-21(23,24)25)19(26-17)13-6-8-14(22)9-7-13/h6-11,15H,2-5,12H2,1H3,(H,27,29)/b28-16+/t15-/m0/s1. The van der Waals surface area contributed by atoms with Crippen molar-refractivity contribution in [3.05, 3.63) is 47.1 Å². The number of hydrogen-bond acceptors (Lipinski definition) is 5. The predicted octanol–water partition coefficient (Wildman–Crippen LogP) is 5.02. The van der Waals surface area contributed by atoms with Crippen molar-refractivity contribution in [2.24, 2.45) is 5.16 Å². The van der Waals surface area contributed by atoms with Crippen LogP contribution < -0.4 is 10.1 Å². The van der Waals surface area contributed by atoms with Crippen LogP contribution in [-0.4, -0.2) is 42.5 Å². The Labute approximate surface area is 182 Å². The Kier molecular flexibility index (Phi) is 7.37. The number of carbonyl (C=O) groups is 1. The second kappa shape index (κ2) is 10.00. The molecule has 0 aliphatic heterocycles. The first-order valence-corrected chi connectivity index (χ1v) is 10.0. The van der Waals surface area contributed by atoms with Gasteiger partial charge in [-0.3, -0.25) is 4.79 Å². The first-order valence-electron chi connectivity index (χ1n) is 9.64. The van der Waals surface area contributed by atoms with Gasteiger partial charge in [0.25, 0.3) is 5.91 Å². The van der Waals surface area contributed by atoms with Crippen LogP contribution >= 0.6 is 11.6 Å². The van der Waals surface area contributed by atoms with Gasteiger partial charge < -0.3 is 14.9 Å². The fraction of sp³-hybridized carbons (Fsp3) is 0.381. The van der Waals surface area contributed by atoms with Crippen molar-refractivity contribution in [3.63, 3.8) is 0 Å². The van der Waals surface area contributed by atoms with E-state index in [4.69, 9.17) is 21.2 Å². The highest BCUT2D eigenvalue weighted by Gasteiger charge is 2.29. The summed E-state index contributed by atoms with van der Waals surface area (Å²) in [6.45, 7) is -1.47. The smallest absolute Gasteiger partial charge is 0.422 e. The molecule has 2 aromatic rings. The molecule has 6 nitrogen and oxygen atoms in total. The molecule has 31 heavy (non-hydrogen) atoms. The molecule has 166 valence electrons. The molecule has 1 aliphatic carbocycles. The Bertz CT molecular complexity index is 949. The number of rotatable bonds is 6. The van der Waals surface area contributed by atoms with Crippen molar-refractivity contribution < 1.29 is 27.5 Å². The number of nitrogens with one attached hydrogen (secondary N) is 1. The van der Waals surface area contributed by atoms with E-state index in [1.54, 1.807) is 24.3 Å². The maximum absolute atomic E-state index is 12.8. The summed E-state index contributed by atoms with van der Waals surface area (Å²) in [7, 11) is 1.44. The molecular formula is C21H21ClF3N3O3. The molecule has 1 atom stereocenters. The van der Waals surface area contributed by atoms with Crippen molar-refractivity contribution in [1.29, 1.82) is 0 Å². The molecular weight excluding hydrogens is 435 g/mol. The third-order valence-corrected chi connectivity index (χ3v) is 4.94. The summed E-state index contributed by atoms with van der Waals surface area (Å²) in [6, 6.07) is 8.69. The van der Waals surface area contributed by atoms with Gasteiger partial charge in [-0.15, -0.1) is 0 Å². The van der Waals surface area contributed by atoms with Gasteiger partial charge in [-0.05, 0) is 43.5 Å². The minimum absolute atomic E-state index is 0.0478. The number of benzene rings is 1. The van der Waals surface area contributed by atoms with E-state index < -0.39 is 18.7 Å². The molecule has 1 heterocycles. The monoisotopic (exact) mass is 455 g/mol. The largest absolute Gasteiger partial charge is 0.482 e. The number of alkyl halides is 3. The molecule has 0 radical (unpaired) electrons. The number of carbonyl (C=O) groups excluding carboxylic acids is 1. The average Bonchev–Trinajstić information content (AvgIpc) is 2.74. The summed E-state index contributed by atoms with van der Waals surface area (Å²) in [4.78, 5) is 22.0. The van der Waals surface area contributed by atoms with Crippen molar-refractivity contribution in [2.75, 3.05) is 13.7 Å². The molecule has 0 bridgehead atoms. The summed E-state index contributed by atoms with van der Waals surface area (Å²) >= 11 is 5.90. The minimum Gasteiger partial charge on any atom is -0.482 e. The number of nitrogens with zero attached hydrogens (tertiary/aromatic N) is 2. The van der Waals surface area contributed by atoms with Crippen molar-refractivity contribution in [1.82, 2.24) is 10.3 Å². The number of aromatic nitrogens is 1. The molecule has 1 saturated carbocycles. The molecule has 1 aliphatic rings. The van der Waals surface area contributed by atoms with Crippen molar-refractivity contribution >= 4 is 23.2 Å². The normalized spacial score (nSPS) is 18.0. The van der Waals surface area contributed by atoms with E-state index in [0.29, 0.717) is 23.4 Å². The third-order valence-electron chi connectivity index (χ3n) is 4.69. The zero-order valence-corrected chi connectivity index (χ0v) is 17.5. The summed E-state index contributed by atoms with van der Waals surface area (Å²) < 4.78 is 42.9. The second-order valence-electron chi connectivity index (χ2n) is 6.99. The highest BCUT2D eigenvalue weighted by molar-refractivity contribution is 6.30. The van der Waals surface area contributed by atoms with Crippen LogP contribution in [-0.2, 0) is 4.84 Å². The summed E-state index contributed by atoms with van der Waals surface area (Å²) in [5, 5.41) is 7.32. The maximum atomic E-state index is 12.8. The maximum Gasteiger partial charge on any atom is 0.422 e. The first-order chi connectivity index (χ1) is 14.8. The van der Waals surface area contributed by atoms with Crippen molar-refractivity contribution in [2.45, 2.75) is 37.9 Å².